The van der Waals surface area contributed by atoms with Crippen LogP contribution < -0.4 is 10.2 Å². The molecular formula is C18H20F2N2O3S. The molecule has 0 amide bonds. The highest BCUT2D eigenvalue weighted by atomic mass is 32.2. The van der Waals surface area contributed by atoms with Gasteiger partial charge in [0, 0.05) is 25.4 Å². The molecule has 1 fully saturated rings. The molecule has 2 aromatic rings. The van der Waals surface area contributed by atoms with Crippen LogP contribution in [0.3, 0.4) is 0 Å². The molecule has 5 nitrogen and oxygen atoms in total. The molecule has 1 saturated heterocycles. The summed E-state index contributed by atoms with van der Waals surface area (Å²) in [5, 5.41) is 1.96. The van der Waals surface area contributed by atoms with Crippen LogP contribution in [0.15, 0.2) is 47.4 Å². The van der Waals surface area contributed by atoms with Gasteiger partial charge in [-0.25, -0.2) is 22.2 Å². The molecule has 0 spiro atoms. The molecule has 1 N–H and O–H groups in total. The molecule has 26 heavy (non-hydrogen) atoms. The summed E-state index contributed by atoms with van der Waals surface area (Å²) in [6, 6.07) is 9.90. The van der Waals surface area contributed by atoms with Gasteiger partial charge in [-0.3, -0.25) is 0 Å². The number of nitrogens with one attached hydrogen (secondary N) is 1. The van der Waals surface area contributed by atoms with Gasteiger partial charge >= 0.3 is 0 Å². The lowest BCUT2D eigenvalue weighted by atomic mass is 10.1. The fraction of sp³-hybridized carbons (Fsp3) is 0.333. The first-order chi connectivity index (χ1) is 12.3. The minimum absolute atomic E-state index is 0.0543. The summed E-state index contributed by atoms with van der Waals surface area (Å²) in [5.74, 6) is -1.29. The first-order valence-corrected chi connectivity index (χ1v) is 10.1. The maximum absolute atomic E-state index is 13.7. The van der Waals surface area contributed by atoms with Gasteiger partial charge in [0.2, 0.25) is 0 Å². The minimum Gasteiger partial charge on any atom is -0.487 e. The number of rotatable bonds is 5. The van der Waals surface area contributed by atoms with Crippen molar-refractivity contribution in [2.24, 2.45) is 0 Å². The molecular weight excluding hydrogens is 362 g/mol. The molecule has 140 valence electrons. The van der Waals surface area contributed by atoms with Crippen LogP contribution in [0.2, 0.25) is 0 Å². The van der Waals surface area contributed by atoms with Crippen molar-refractivity contribution in [2.45, 2.75) is 23.8 Å². The van der Waals surface area contributed by atoms with Gasteiger partial charge in [-0.15, -0.1) is 0 Å². The van der Waals surface area contributed by atoms with E-state index < -0.39 is 21.5 Å². The zero-order valence-corrected chi connectivity index (χ0v) is 15.1. The van der Waals surface area contributed by atoms with Crippen molar-refractivity contribution in [3.8, 4) is 5.75 Å². The number of piperidine rings is 1. The fourth-order valence-corrected chi connectivity index (χ4v) is 3.48. The lowest BCUT2D eigenvalue weighted by Gasteiger charge is -2.33. The Labute approximate surface area is 151 Å². The predicted octanol–water partition coefficient (Wildman–Crippen LogP) is 3.24. The Balaban J connectivity index is 1.56. The molecule has 1 aliphatic rings. The summed E-state index contributed by atoms with van der Waals surface area (Å²) in [6.07, 6.45) is 2.34. The van der Waals surface area contributed by atoms with Crippen molar-refractivity contribution < 1.29 is 21.9 Å². The SMILES string of the molecule is CS(=O)(=O)c1cccc(NN2CCC(Oc3ccc(F)cc3F)CC2)c1. The molecule has 0 saturated carbocycles. The maximum Gasteiger partial charge on any atom is 0.175 e. The van der Waals surface area contributed by atoms with Gasteiger partial charge in [0.1, 0.15) is 11.9 Å². The van der Waals surface area contributed by atoms with Gasteiger partial charge in [0.15, 0.2) is 21.4 Å². The third-order valence-corrected chi connectivity index (χ3v) is 5.29. The van der Waals surface area contributed by atoms with Gasteiger partial charge in [-0.05, 0) is 43.2 Å². The Hall–Kier alpha value is -2.19. The standard InChI is InChI=1S/C18H20F2N2O3S/c1-26(23,24)16-4-2-3-14(12-16)21-22-9-7-15(8-10-22)25-18-6-5-13(19)11-17(18)20/h2-6,11-12,15,21H,7-10H2,1H3. The number of ether oxygens (including phenoxy) is 1. The largest absolute Gasteiger partial charge is 0.487 e. The molecule has 0 bridgehead atoms. The summed E-state index contributed by atoms with van der Waals surface area (Å²) >= 11 is 0. The van der Waals surface area contributed by atoms with Gasteiger partial charge in [-0.1, -0.05) is 6.07 Å². The van der Waals surface area contributed by atoms with Crippen LogP contribution in [0, 0.1) is 11.6 Å². The van der Waals surface area contributed by atoms with Gasteiger partial charge in [0.25, 0.3) is 0 Å². The van der Waals surface area contributed by atoms with Crippen LogP contribution >= 0.6 is 0 Å². The van der Waals surface area contributed by atoms with E-state index in [9.17, 15) is 17.2 Å². The molecule has 0 aromatic heterocycles. The van der Waals surface area contributed by atoms with Crippen molar-refractivity contribution in [3.05, 3.63) is 54.1 Å². The summed E-state index contributed by atoms with van der Waals surface area (Å²) in [4.78, 5) is 0.257. The maximum atomic E-state index is 13.7. The topological polar surface area (TPSA) is 58.6 Å². The second-order valence-corrected chi connectivity index (χ2v) is 8.31. The molecule has 2 aromatic carbocycles. The van der Waals surface area contributed by atoms with Crippen LogP contribution in [0.1, 0.15) is 12.8 Å². The van der Waals surface area contributed by atoms with Crippen molar-refractivity contribution in [3.63, 3.8) is 0 Å². The molecule has 0 atom stereocenters. The molecule has 1 aliphatic heterocycles. The number of hydrazine groups is 1. The molecule has 1 heterocycles. The van der Waals surface area contributed by atoms with E-state index in [4.69, 9.17) is 4.74 Å². The summed E-state index contributed by atoms with van der Waals surface area (Å²) in [7, 11) is -3.26. The third kappa shape index (κ3) is 4.70. The van der Waals surface area contributed by atoms with Gasteiger partial charge < -0.3 is 10.2 Å². The Kier molecular flexibility index (Phi) is 5.43. The van der Waals surface area contributed by atoms with Crippen molar-refractivity contribution in [1.82, 2.24) is 5.01 Å². The lowest BCUT2D eigenvalue weighted by Crippen LogP contribution is -2.41. The quantitative estimate of drug-likeness (QED) is 0.860. The van der Waals surface area contributed by atoms with Gasteiger partial charge in [-0.2, -0.15) is 0 Å². The smallest absolute Gasteiger partial charge is 0.175 e. The number of halogens is 2. The number of hydrogen-bond donors (Lipinski definition) is 1. The van der Waals surface area contributed by atoms with E-state index in [2.05, 4.69) is 5.43 Å². The third-order valence-electron chi connectivity index (χ3n) is 4.18. The fourth-order valence-electron chi connectivity index (χ4n) is 2.81. The zero-order chi connectivity index (χ0) is 18.7. The summed E-state index contributed by atoms with van der Waals surface area (Å²) in [5.41, 5.74) is 3.88. The Morgan fingerprint density at radius 3 is 2.50 bits per heavy atom. The van der Waals surface area contributed by atoms with Crippen molar-refractivity contribution >= 4 is 15.5 Å². The number of nitrogens with zero attached hydrogens (tertiary/aromatic N) is 1. The van der Waals surface area contributed by atoms with E-state index in [0.717, 1.165) is 6.07 Å². The van der Waals surface area contributed by atoms with Crippen LogP contribution in [0.5, 0.6) is 5.75 Å². The van der Waals surface area contributed by atoms with Crippen molar-refractivity contribution in [2.75, 3.05) is 24.8 Å². The number of benzene rings is 2. The first-order valence-electron chi connectivity index (χ1n) is 8.25. The summed E-state index contributed by atoms with van der Waals surface area (Å²) < 4.78 is 55.5. The monoisotopic (exact) mass is 382 g/mol. The minimum atomic E-state index is -3.26. The molecule has 0 unspecified atom stereocenters. The van der Waals surface area contributed by atoms with E-state index in [1.165, 1.54) is 18.4 Å². The average Bonchev–Trinajstić information content (AvgIpc) is 2.58. The Morgan fingerprint density at radius 2 is 1.85 bits per heavy atom. The highest BCUT2D eigenvalue weighted by Gasteiger charge is 2.22. The first kappa shape index (κ1) is 18.6. The highest BCUT2D eigenvalue weighted by molar-refractivity contribution is 7.90. The van der Waals surface area contributed by atoms with E-state index in [0.29, 0.717) is 31.6 Å². The van der Waals surface area contributed by atoms with E-state index in [1.54, 1.807) is 24.3 Å². The zero-order valence-electron chi connectivity index (χ0n) is 14.3. The average molecular weight is 382 g/mol. The van der Waals surface area contributed by atoms with E-state index >= 15 is 0 Å². The Morgan fingerprint density at radius 1 is 1.12 bits per heavy atom. The predicted molar refractivity (Wildman–Crippen MR) is 94.8 cm³/mol. The highest BCUT2D eigenvalue weighted by Crippen LogP contribution is 2.23. The van der Waals surface area contributed by atoms with Crippen LogP contribution in [0.25, 0.3) is 0 Å². The molecule has 0 aliphatic carbocycles. The second-order valence-electron chi connectivity index (χ2n) is 6.29. The van der Waals surface area contributed by atoms with E-state index in [1.807, 2.05) is 5.01 Å². The van der Waals surface area contributed by atoms with Crippen LogP contribution in [-0.2, 0) is 9.84 Å². The van der Waals surface area contributed by atoms with E-state index in [-0.39, 0.29) is 16.7 Å². The van der Waals surface area contributed by atoms with Crippen LogP contribution in [0.4, 0.5) is 14.5 Å². The number of anilines is 1. The summed E-state index contributed by atoms with van der Waals surface area (Å²) in [6.45, 7) is 1.30. The molecule has 3 rings (SSSR count). The number of hydrogen-bond acceptors (Lipinski definition) is 5. The Bertz CT molecular complexity index is 882. The number of sulfone groups is 1. The molecule has 8 heteroatoms. The molecule has 0 radical (unpaired) electrons. The van der Waals surface area contributed by atoms with Gasteiger partial charge in [0.05, 0.1) is 10.6 Å². The second kappa shape index (κ2) is 7.59. The normalized spacial score (nSPS) is 16.4. The van der Waals surface area contributed by atoms with Crippen molar-refractivity contribution in [1.29, 1.82) is 0 Å². The lowest BCUT2D eigenvalue weighted by molar-refractivity contribution is 0.109. The van der Waals surface area contributed by atoms with Crippen LogP contribution in [-0.4, -0.2) is 38.9 Å².